The van der Waals surface area contributed by atoms with Crippen molar-refractivity contribution in [3.63, 3.8) is 0 Å². The van der Waals surface area contributed by atoms with Crippen molar-refractivity contribution in [2.45, 2.75) is 127 Å². The van der Waals surface area contributed by atoms with Gasteiger partial charge in [-0.25, -0.2) is 87.5 Å². The van der Waals surface area contributed by atoms with Gasteiger partial charge < -0.3 is 55.9 Å². The van der Waals surface area contributed by atoms with Crippen LogP contribution in [0.25, 0.3) is 18.2 Å². The normalized spacial score (nSPS) is 18.9. The maximum atomic E-state index is 16.9. The molecule has 3 saturated heterocycles. The number of rotatable bonds is 42. The molecule has 3 aliphatic heterocycles. The first-order valence-electron chi connectivity index (χ1n) is 43.6. The van der Waals surface area contributed by atoms with Gasteiger partial charge in [0.25, 0.3) is 0 Å². The molecule has 31 nitrogen and oxygen atoms in total. The Balaban J connectivity index is 0.713. The number of benzene rings is 6. The van der Waals surface area contributed by atoms with E-state index in [-0.39, 0.29) is 106 Å². The Morgan fingerprint density at radius 3 is 0.930 bits per heavy atom. The van der Waals surface area contributed by atoms with Crippen molar-refractivity contribution in [3.8, 4) is 18.2 Å². The molecule has 0 unspecified atom stereocenters. The molecule has 0 N–H and O–H groups in total. The van der Waals surface area contributed by atoms with E-state index >= 15 is 45.3 Å². The number of aromatic nitrogens is 9. The summed E-state index contributed by atoms with van der Waals surface area (Å²) in [5.41, 5.74) is -8.82. The number of phosphoric ester groups is 1. The number of phosphoric acid groups is 1. The van der Waals surface area contributed by atoms with Gasteiger partial charge in [-0.3, -0.25) is 13.6 Å². The summed E-state index contributed by atoms with van der Waals surface area (Å²) >= 11 is 3.39. The number of carbonyl (C=O) groups excluding carboxylic acids is 3. The molecule has 3 fully saturated rings. The first-order chi connectivity index (χ1) is 69.1. The number of hydrogen-bond acceptors (Lipinski definition) is 31. The molecule has 0 bridgehead atoms. The van der Waals surface area contributed by atoms with Crippen LogP contribution in [-0.2, 0) is 117 Å². The molecule has 12 aromatic rings. The minimum atomic E-state index is -5.47. The fraction of sp³-hybridized carbons (Fsp3) is 0.273. The van der Waals surface area contributed by atoms with E-state index in [2.05, 4.69) is 30.2 Å². The van der Waals surface area contributed by atoms with Crippen molar-refractivity contribution in [2.24, 2.45) is 0 Å². The quantitative estimate of drug-likeness (QED) is 0.0113. The lowest BCUT2D eigenvalue weighted by Gasteiger charge is -2.40. The van der Waals surface area contributed by atoms with Gasteiger partial charge in [0.2, 0.25) is 0 Å². The summed E-state index contributed by atoms with van der Waals surface area (Å²) in [6.07, 6.45) is 28.7. The molecule has 0 saturated carbocycles. The second kappa shape index (κ2) is 47.8. The maximum absolute atomic E-state index is 16.9. The van der Waals surface area contributed by atoms with Crippen molar-refractivity contribution in [1.82, 2.24) is 44.3 Å². The third kappa shape index (κ3) is 26.0. The van der Waals surface area contributed by atoms with E-state index in [0.717, 1.165) is 146 Å². The predicted molar refractivity (Wildman–Crippen MR) is 496 cm³/mol. The van der Waals surface area contributed by atoms with Gasteiger partial charge in [-0.1, -0.05) is 72.9 Å². The second-order valence-electron chi connectivity index (χ2n) is 32.3. The van der Waals surface area contributed by atoms with Crippen LogP contribution in [0, 0.1) is 86.3 Å². The predicted octanol–water partition coefficient (Wildman–Crippen LogP) is 18.8. The molecule has 143 heavy (non-hydrogen) atoms. The molecule has 3 aliphatic rings. The lowest BCUT2D eigenvalue weighted by Crippen LogP contribution is -2.47. The molecule has 6 atom stereocenters. The monoisotopic (exact) mass is 2040 g/mol. The van der Waals surface area contributed by atoms with Crippen molar-refractivity contribution in [3.05, 3.63) is 375 Å². The van der Waals surface area contributed by atoms with Crippen LogP contribution in [0.1, 0.15) is 119 Å². The van der Waals surface area contributed by atoms with E-state index in [0.29, 0.717) is 18.2 Å². The number of allylic oxidation sites excluding steroid dienone is 6. The molecule has 9 heterocycles. The Bertz CT molecular complexity index is 6210. The zero-order chi connectivity index (χ0) is 101. The van der Waals surface area contributed by atoms with Crippen molar-refractivity contribution < 1.29 is 128 Å². The second-order valence-corrected chi connectivity index (χ2v) is 38.9. The smallest absolute Gasteiger partial charge is 0.471 e. The highest BCUT2D eigenvalue weighted by molar-refractivity contribution is 8.01. The molecule has 740 valence electrons. The van der Waals surface area contributed by atoms with Gasteiger partial charge in [0.15, 0.2) is 35.7 Å². The molecule has 15 rings (SSSR count). The van der Waals surface area contributed by atoms with Crippen LogP contribution in [0.3, 0.4) is 0 Å². The molecule has 6 aromatic heterocycles. The van der Waals surface area contributed by atoms with Crippen LogP contribution in [0.2, 0.25) is 0 Å². The third-order valence-electron chi connectivity index (χ3n) is 22.8. The fourth-order valence-corrected chi connectivity index (χ4v) is 20.6. The zero-order valence-electron chi connectivity index (χ0n) is 75.6. The lowest BCUT2D eigenvalue weighted by atomic mass is 9.89. The van der Waals surface area contributed by atoms with E-state index < -0.39 is 201 Å². The Kier molecular flexibility index (Phi) is 34.6. The number of halogens is 9. The highest BCUT2D eigenvalue weighted by atomic mass is 32.2. The van der Waals surface area contributed by atoms with E-state index in [1.165, 1.54) is 87.7 Å². The molecule has 44 heteroatoms. The van der Waals surface area contributed by atoms with Gasteiger partial charge >= 0.3 is 25.7 Å². The van der Waals surface area contributed by atoms with Crippen LogP contribution in [0.15, 0.2) is 253 Å². The molecule has 6 aromatic carbocycles. The number of carbonyl (C=O) groups is 3. The average Bonchev–Trinajstić information content (AvgIpc) is 1.75. The first kappa shape index (κ1) is 104. The molecule has 0 aliphatic carbocycles. The highest BCUT2D eigenvalue weighted by Crippen LogP contribution is 2.54. The van der Waals surface area contributed by atoms with Crippen LogP contribution < -0.4 is 0 Å². The summed E-state index contributed by atoms with van der Waals surface area (Å²) in [6, 6.07) is 25.5. The van der Waals surface area contributed by atoms with Crippen molar-refractivity contribution in [2.75, 3.05) is 39.6 Å². The van der Waals surface area contributed by atoms with Gasteiger partial charge in [0.05, 0.1) is 149 Å². The minimum Gasteiger partial charge on any atom is -0.471 e. The topological polar surface area (TPSA) is 382 Å². The SMILES string of the molecule is C[C@@H](S[C@H]1CO[C@H](/C=C/C=C/c2ccc(C#N)cc2F)OC1)[C@@](Cn1cncn1)(OC(=O)c1cocc1COP(=O)(OCc1cocc1C(=O)O[C@@](Cn1cncn1)(c1ccc(F)cc1F)[C@@H](C)S[C@H]1CO[C@H](/C=C/C=C/c2ccc(C#N)cc2F)OC1)OCc1cocc1C(=O)O[C@@](Cn1cncn1)(c1ccc(F)cc1F)[C@@H](C)S[C@H]1CO[C@H](/C=C/C=C/c2ccc(C#N)cc2F)OC1)c1ccc(F)cc1F. The van der Waals surface area contributed by atoms with Crippen LogP contribution in [0.5, 0.6) is 0 Å². The number of nitrogens with zero attached hydrogens (tertiary/aromatic N) is 12. The Morgan fingerprint density at radius 2 is 0.685 bits per heavy atom. The summed E-state index contributed by atoms with van der Waals surface area (Å²) in [4.78, 5) is 58.6. The number of thioether (sulfide) groups is 3. The fourth-order valence-electron chi connectivity index (χ4n) is 15.4. The Hall–Kier alpha value is -13.8. The first-order valence-corrected chi connectivity index (χ1v) is 47.9. The van der Waals surface area contributed by atoms with Gasteiger partial charge in [0, 0.05) is 84.0 Å². The van der Waals surface area contributed by atoms with Crippen molar-refractivity contribution in [1.29, 1.82) is 15.8 Å². The standard InChI is InChI=1S/C99H84F9N12O19PS3/c1-61(141-76-43-128-91(129-44-76)13-7-4-10-67-19-16-64(34-109)28-85(67)103)97(52-118-58-112-55-115-118,82-25-22-73(100)31-88(82)106)137-94(121)79-49-125-37-70(79)40-134-140(124,135-41-71-38-126-50-80(71)95(122)138-98(53-119-59-113-56-116-119,83-26-23-74(101)32-89(83)107)62(2)142-77-45-130-92(131-46-77)14-8-5-11-68-20-17-65(35-110)29-86(68)104)136-42-72-39-127-51-81(72)96(123)139-99(54-120-60-114-57-117-120,84-27-24-75(102)33-90(84)108)63(3)143-78-47-132-93(133-48-78)15-9-6-12-69-21-18-66(36-111)30-87(69)105/h4-33,37-39,49-51,55-63,76-78,91-93H,40-48,52-54H2,1-3H3/b10-4+,11-5+,12-6+,13-7+,14-8+,15-9+/t61-,62-,63-,76-,77-,78-,91-,92-,93-,97-,98-,99-/m1/s1. The van der Waals surface area contributed by atoms with Gasteiger partial charge in [0.1, 0.15) is 126 Å². The summed E-state index contributed by atoms with van der Waals surface area (Å²) in [5.74, 6) is -12.1. The highest BCUT2D eigenvalue weighted by Gasteiger charge is 2.52. The van der Waals surface area contributed by atoms with E-state index in [9.17, 15) is 29.0 Å². The molecular formula is C99H84F9N12O19PS3. The Morgan fingerprint density at radius 1 is 0.406 bits per heavy atom. The number of esters is 3. The van der Waals surface area contributed by atoms with E-state index in [4.69, 9.17) is 69.5 Å². The summed E-state index contributed by atoms with van der Waals surface area (Å²) < 4.78 is 252. The lowest BCUT2D eigenvalue weighted by molar-refractivity contribution is -0.146. The van der Waals surface area contributed by atoms with Crippen molar-refractivity contribution >= 4 is 79.2 Å². The number of furan rings is 3. The number of nitriles is 3. The largest absolute Gasteiger partial charge is 0.475 e. The van der Waals surface area contributed by atoms with Crippen LogP contribution in [-0.4, -0.2) is 152 Å². The van der Waals surface area contributed by atoms with Crippen LogP contribution in [0.4, 0.5) is 39.5 Å². The van der Waals surface area contributed by atoms with Gasteiger partial charge in [-0.05, 0) is 112 Å². The van der Waals surface area contributed by atoms with Gasteiger partial charge in [-0.2, -0.15) is 31.1 Å². The van der Waals surface area contributed by atoms with E-state index in [1.807, 2.05) is 18.2 Å². The molecular weight excluding hydrogens is 1960 g/mol. The maximum Gasteiger partial charge on any atom is 0.475 e. The zero-order valence-corrected chi connectivity index (χ0v) is 79.0. The van der Waals surface area contributed by atoms with E-state index in [1.54, 1.807) is 75.5 Å². The summed E-state index contributed by atoms with van der Waals surface area (Å²) in [5, 5.41) is 35.4. The average molecular weight is 2040 g/mol. The van der Waals surface area contributed by atoms with Crippen LogP contribution >= 0.6 is 43.1 Å². The number of ether oxygens (including phenoxy) is 9. The molecule has 0 amide bonds. The van der Waals surface area contributed by atoms with Gasteiger partial charge in [-0.15, -0.1) is 35.3 Å². The summed E-state index contributed by atoms with van der Waals surface area (Å²) in [7, 11) is -5.47. The minimum absolute atomic E-state index is 0.00775. The molecule has 0 spiro atoms. The third-order valence-corrected chi connectivity index (χ3v) is 28.5. The summed E-state index contributed by atoms with van der Waals surface area (Å²) in [6.45, 7) is 0.248. The Labute approximate surface area is 823 Å². The molecule has 0 radical (unpaired) electrons. The number of hydrogen-bond donors (Lipinski definition) is 0.